The van der Waals surface area contributed by atoms with Crippen molar-refractivity contribution >= 4 is 0 Å². The number of piperazine rings is 1. The van der Waals surface area contributed by atoms with Crippen molar-refractivity contribution in [3.63, 3.8) is 0 Å². The minimum atomic E-state index is 1.19. The van der Waals surface area contributed by atoms with E-state index in [9.17, 15) is 0 Å². The van der Waals surface area contributed by atoms with Crippen LogP contribution in [-0.4, -0.2) is 37.6 Å². The molecule has 0 radical (unpaired) electrons. The summed E-state index contributed by atoms with van der Waals surface area (Å²) in [5.74, 6) is 0. The maximum absolute atomic E-state index is 3.36. The number of allylic oxidation sites excluding steroid dienone is 1. The Hall–Kier alpha value is -0.340. The third-order valence-corrected chi connectivity index (χ3v) is 2.29. The summed E-state index contributed by atoms with van der Waals surface area (Å²) in [4.78, 5) is 2.56. The highest BCUT2D eigenvalue weighted by molar-refractivity contribution is 4.66. The van der Waals surface area contributed by atoms with Crippen molar-refractivity contribution in [1.82, 2.24) is 10.2 Å². The van der Waals surface area contributed by atoms with Crippen LogP contribution in [0.5, 0.6) is 0 Å². The van der Waals surface area contributed by atoms with Gasteiger partial charge in [0.15, 0.2) is 0 Å². The lowest BCUT2D eigenvalue weighted by molar-refractivity contribution is 0.236. The molecule has 1 aliphatic rings. The smallest absolute Gasteiger partial charge is 0.0107 e. The van der Waals surface area contributed by atoms with Gasteiger partial charge < -0.3 is 10.2 Å². The normalized spacial score (nSPS) is 17.0. The quantitative estimate of drug-likeness (QED) is 0.551. The summed E-state index contributed by atoms with van der Waals surface area (Å²) >= 11 is 0. The zero-order valence-electron chi connectivity index (χ0n) is 9.89. The zero-order valence-corrected chi connectivity index (χ0v) is 9.89. The Labute approximate surface area is 89.4 Å². The predicted molar refractivity (Wildman–Crippen MR) is 64.7 cm³/mol. The van der Waals surface area contributed by atoms with Crippen molar-refractivity contribution in [3.05, 3.63) is 12.7 Å². The number of hydrogen-bond acceptors (Lipinski definition) is 2. The molecular formula is C12H26N2. The van der Waals surface area contributed by atoms with Crippen LogP contribution in [0, 0.1) is 0 Å². The van der Waals surface area contributed by atoms with Gasteiger partial charge in [0, 0.05) is 26.2 Å². The Balaban J connectivity index is 0.000000500. The van der Waals surface area contributed by atoms with Gasteiger partial charge in [-0.2, -0.15) is 0 Å². The lowest BCUT2D eigenvalue weighted by Gasteiger charge is -2.26. The Morgan fingerprint density at radius 1 is 1.29 bits per heavy atom. The molecule has 0 bridgehead atoms. The van der Waals surface area contributed by atoms with E-state index >= 15 is 0 Å². The van der Waals surface area contributed by atoms with Crippen molar-refractivity contribution in [1.29, 1.82) is 0 Å². The summed E-state index contributed by atoms with van der Waals surface area (Å²) in [6, 6.07) is 0. The topological polar surface area (TPSA) is 15.3 Å². The summed E-state index contributed by atoms with van der Waals surface area (Å²) in [6.07, 6.45) is 5.87. The molecule has 0 atom stereocenters. The van der Waals surface area contributed by atoms with Crippen LogP contribution in [0.3, 0.4) is 0 Å². The molecule has 0 saturated carbocycles. The van der Waals surface area contributed by atoms with Crippen molar-refractivity contribution in [3.8, 4) is 0 Å². The van der Waals surface area contributed by atoms with Crippen molar-refractivity contribution in [2.75, 3.05) is 32.7 Å². The molecule has 0 aliphatic carbocycles. The molecule has 0 unspecified atom stereocenters. The number of nitrogens with zero attached hydrogens (tertiary/aromatic N) is 1. The van der Waals surface area contributed by atoms with Gasteiger partial charge in [-0.15, -0.1) is 6.58 Å². The highest BCUT2D eigenvalue weighted by atomic mass is 15.2. The van der Waals surface area contributed by atoms with E-state index in [1.165, 1.54) is 52.0 Å². The van der Waals surface area contributed by atoms with Gasteiger partial charge in [-0.05, 0) is 19.9 Å². The highest BCUT2D eigenvalue weighted by Crippen LogP contribution is 1.98. The molecule has 0 aromatic carbocycles. The summed E-state index contributed by atoms with van der Waals surface area (Å²) in [5, 5.41) is 3.36. The average Bonchev–Trinajstić information content (AvgIpc) is 2.21. The van der Waals surface area contributed by atoms with Crippen LogP contribution in [-0.2, 0) is 0 Å². The zero-order chi connectivity index (χ0) is 10.6. The lowest BCUT2D eigenvalue weighted by Crippen LogP contribution is -2.43. The monoisotopic (exact) mass is 198 g/mol. The first-order valence-corrected chi connectivity index (χ1v) is 5.85. The molecule has 0 spiro atoms. The van der Waals surface area contributed by atoms with Crippen molar-refractivity contribution in [2.45, 2.75) is 33.1 Å². The SMILES string of the molecule is C=CC.CCCCCN1CCNCC1. The van der Waals surface area contributed by atoms with Gasteiger partial charge >= 0.3 is 0 Å². The van der Waals surface area contributed by atoms with Gasteiger partial charge in [0.2, 0.25) is 0 Å². The van der Waals surface area contributed by atoms with Gasteiger partial charge in [-0.1, -0.05) is 25.8 Å². The standard InChI is InChI=1S/C9H20N2.C3H6/c1-2-3-4-7-11-8-5-10-6-9-11;1-3-2/h10H,2-9H2,1H3;3H,1H2,2H3. The fourth-order valence-corrected chi connectivity index (χ4v) is 1.52. The molecular weight excluding hydrogens is 172 g/mol. The molecule has 0 aromatic rings. The van der Waals surface area contributed by atoms with E-state index in [1.807, 2.05) is 6.92 Å². The van der Waals surface area contributed by atoms with Gasteiger partial charge in [0.05, 0.1) is 0 Å². The van der Waals surface area contributed by atoms with Crippen LogP contribution in [0.2, 0.25) is 0 Å². The van der Waals surface area contributed by atoms with Gasteiger partial charge in [-0.25, -0.2) is 0 Å². The summed E-state index contributed by atoms with van der Waals surface area (Å²) in [5.41, 5.74) is 0. The molecule has 84 valence electrons. The molecule has 1 fully saturated rings. The van der Waals surface area contributed by atoms with Crippen molar-refractivity contribution in [2.24, 2.45) is 0 Å². The Morgan fingerprint density at radius 2 is 1.86 bits per heavy atom. The summed E-state index contributed by atoms with van der Waals surface area (Å²) in [6.45, 7) is 13.7. The van der Waals surface area contributed by atoms with E-state index in [1.54, 1.807) is 6.08 Å². The number of nitrogens with one attached hydrogen (secondary N) is 1. The molecule has 1 aliphatic heterocycles. The Morgan fingerprint density at radius 3 is 2.36 bits per heavy atom. The molecule has 1 N–H and O–H groups in total. The summed E-state index contributed by atoms with van der Waals surface area (Å²) in [7, 11) is 0. The van der Waals surface area contributed by atoms with Gasteiger partial charge in [0.1, 0.15) is 0 Å². The summed E-state index contributed by atoms with van der Waals surface area (Å²) < 4.78 is 0. The molecule has 2 heteroatoms. The molecule has 0 amide bonds. The van der Waals surface area contributed by atoms with Crippen molar-refractivity contribution < 1.29 is 0 Å². The molecule has 14 heavy (non-hydrogen) atoms. The van der Waals surface area contributed by atoms with Crippen LogP contribution >= 0.6 is 0 Å². The molecule has 1 heterocycles. The fraction of sp³-hybridized carbons (Fsp3) is 0.833. The predicted octanol–water partition coefficient (Wildman–Crippen LogP) is 2.27. The van der Waals surface area contributed by atoms with Crippen LogP contribution < -0.4 is 5.32 Å². The van der Waals surface area contributed by atoms with E-state index in [0.717, 1.165) is 0 Å². The van der Waals surface area contributed by atoms with Crippen LogP contribution in [0.4, 0.5) is 0 Å². The number of hydrogen-bond donors (Lipinski definition) is 1. The molecule has 2 nitrogen and oxygen atoms in total. The van der Waals surface area contributed by atoms with Crippen LogP contribution in [0.15, 0.2) is 12.7 Å². The number of rotatable bonds is 4. The van der Waals surface area contributed by atoms with Gasteiger partial charge in [0.25, 0.3) is 0 Å². The second-order valence-corrected chi connectivity index (χ2v) is 3.71. The van der Waals surface area contributed by atoms with Crippen LogP contribution in [0.25, 0.3) is 0 Å². The average molecular weight is 198 g/mol. The minimum absolute atomic E-state index is 1.19. The molecule has 0 aromatic heterocycles. The maximum Gasteiger partial charge on any atom is 0.0107 e. The van der Waals surface area contributed by atoms with E-state index in [4.69, 9.17) is 0 Å². The maximum atomic E-state index is 3.36. The third kappa shape index (κ3) is 8.27. The largest absolute Gasteiger partial charge is 0.314 e. The highest BCUT2D eigenvalue weighted by Gasteiger charge is 2.07. The van der Waals surface area contributed by atoms with E-state index in [2.05, 4.69) is 23.7 Å². The fourth-order valence-electron chi connectivity index (χ4n) is 1.52. The second kappa shape index (κ2) is 10.7. The first-order chi connectivity index (χ1) is 6.85. The first-order valence-electron chi connectivity index (χ1n) is 5.85. The van der Waals surface area contributed by atoms with E-state index in [0.29, 0.717) is 0 Å². The molecule has 1 saturated heterocycles. The molecule has 1 rings (SSSR count). The third-order valence-electron chi connectivity index (χ3n) is 2.29. The van der Waals surface area contributed by atoms with E-state index < -0.39 is 0 Å². The minimum Gasteiger partial charge on any atom is -0.314 e. The Kier molecular flexibility index (Phi) is 10.5. The van der Waals surface area contributed by atoms with Gasteiger partial charge in [-0.3, -0.25) is 0 Å². The van der Waals surface area contributed by atoms with E-state index in [-0.39, 0.29) is 0 Å². The Bertz CT molecular complexity index is 117. The first kappa shape index (κ1) is 13.7. The van der Waals surface area contributed by atoms with Crippen LogP contribution in [0.1, 0.15) is 33.1 Å². The number of unbranched alkanes of at least 4 members (excludes halogenated alkanes) is 2. The lowest BCUT2D eigenvalue weighted by atomic mass is 10.2. The second-order valence-electron chi connectivity index (χ2n) is 3.71.